The zero-order valence-electron chi connectivity index (χ0n) is 18.4. The molecule has 3 heterocycles. The molecule has 0 saturated carbocycles. The third-order valence-corrected chi connectivity index (χ3v) is 7.08. The van der Waals surface area contributed by atoms with Crippen LogP contribution in [0.15, 0.2) is 24.3 Å². The predicted molar refractivity (Wildman–Crippen MR) is 108 cm³/mol. The zero-order valence-corrected chi connectivity index (χ0v) is 18.4. The molecule has 1 aromatic rings. The van der Waals surface area contributed by atoms with E-state index in [1.165, 1.54) is 0 Å². The molecule has 33 heavy (non-hydrogen) atoms. The first-order valence-corrected chi connectivity index (χ1v) is 11.2. The molecule has 1 aromatic carbocycles. The minimum Gasteiger partial charge on any atom is -0.374 e. The second-order valence-corrected chi connectivity index (χ2v) is 9.46. The molecule has 0 bridgehead atoms. The van der Waals surface area contributed by atoms with Crippen LogP contribution in [-0.4, -0.2) is 59.5 Å². The number of nitrogens with zero attached hydrogens (tertiary/aromatic N) is 2. The molecule has 2 unspecified atom stereocenters. The Balaban J connectivity index is 1.56. The molecule has 0 N–H and O–H groups in total. The lowest BCUT2D eigenvalue weighted by molar-refractivity contribution is -0.172. The molecule has 182 valence electrons. The number of amides is 2. The van der Waals surface area contributed by atoms with Crippen molar-refractivity contribution in [2.75, 3.05) is 19.7 Å². The van der Waals surface area contributed by atoms with Crippen molar-refractivity contribution in [2.24, 2.45) is 11.8 Å². The number of piperidine rings is 1. The highest BCUT2D eigenvalue weighted by molar-refractivity contribution is 5.85. The lowest BCUT2D eigenvalue weighted by atomic mass is 9.81. The van der Waals surface area contributed by atoms with Crippen LogP contribution in [-0.2, 0) is 26.4 Å². The number of alkyl halides is 5. The van der Waals surface area contributed by atoms with Crippen molar-refractivity contribution >= 4 is 11.8 Å². The molecule has 0 aliphatic carbocycles. The van der Waals surface area contributed by atoms with Gasteiger partial charge < -0.3 is 14.5 Å². The number of hydrogen-bond acceptors (Lipinski definition) is 3. The van der Waals surface area contributed by atoms with Crippen LogP contribution in [0.25, 0.3) is 0 Å². The smallest absolute Gasteiger partial charge is 0.374 e. The van der Waals surface area contributed by atoms with Crippen molar-refractivity contribution in [3.63, 3.8) is 0 Å². The monoisotopic (exact) mass is 474 g/mol. The molecule has 4 atom stereocenters. The largest absolute Gasteiger partial charge is 0.416 e. The Morgan fingerprint density at radius 2 is 1.70 bits per heavy atom. The first-order chi connectivity index (χ1) is 15.4. The van der Waals surface area contributed by atoms with Crippen molar-refractivity contribution in [1.29, 1.82) is 0 Å². The molecule has 3 aliphatic heterocycles. The van der Waals surface area contributed by atoms with Crippen LogP contribution in [0, 0.1) is 11.8 Å². The molecule has 3 saturated heterocycles. The van der Waals surface area contributed by atoms with Gasteiger partial charge in [0.25, 0.3) is 5.91 Å². The van der Waals surface area contributed by atoms with Crippen LogP contribution in [0.3, 0.4) is 0 Å². The lowest BCUT2D eigenvalue weighted by Crippen LogP contribution is -2.65. The average Bonchev–Trinajstić information content (AvgIpc) is 2.95. The molecule has 0 spiro atoms. The number of hydrogen-bond donors (Lipinski definition) is 0. The van der Waals surface area contributed by atoms with Gasteiger partial charge in [0.1, 0.15) is 0 Å². The van der Waals surface area contributed by atoms with Gasteiger partial charge in [0.2, 0.25) is 5.91 Å². The molecular formula is C23H27F5N2O3. The predicted octanol–water partition coefficient (Wildman–Crippen LogP) is 4.06. The average molecular weight is 474 g/mol. The van der Waals surface area contributed by atoms with Gasteiger partial charge in [-0.25, -0.2) is 0 Å². The molecule has 2 amide bonds. The molecular weight excluding hydrogens is 447 g/mol. The summed E-state index contributed by atoms with van der Waals surface area (Å²) in [5, 5.41) is 0. The molecule has 3 aliphatic rings. The van der Waals surface area contributed by atoms with Crippen molar-refractivity contribution in [3.8, 4) is 0 Å². The standard InChI is InChI=1S/C23H27F5N2O3/c1-13(2)17-12-33-18-9-10-29(11-14-3-8-19(31)30(17)20(14)18)21(32)22(24,25)15-4-6-16(7-5-15)23(26,27)28/h4-7,13-14,17-18,20H,3,8-12H2,1-2H3/t14-,17-,18?,20?/m1/s1. The summed E-state index contributed by atoms with van der Waals surface area (Å²) in [6, 6.07) is 2.03. The Bertz CT molecular complexity index is 902. The highest BCUT2D eigenvalue weighted by atomic mass is 19.4. The summed E-state index contributed by atoms with van der Waals surface area (Å²) in [4.78, 5) is 28.6. The third kappa shape index (κ3) is 4.34. The Kier molecular flexibility index (Phi) is 6.18. The third-order valence-electron chi connectivity index (χ3n) is 7.08. The van der Waals surface area contributed by atoms with Crippen LogP contribution >= 0.6 is 0 Å². The van der Waals surface area contributed by atoms with Gasteiger partial charge in [0.05, 0.1) is 30.4 Å². The van der Waals surface area contributed by atoms with Gasteiger partial charge in [-0.15, -0.1) is 0 Å². The summed E-state index contributed by atoms with van der Waals surface area (Å²) in [6.07, 6.45) is -3.93. The maximum Gasteiger partial charge on any atom is 0.416 e. The molecule has 10 heteroatoms. The van der Waals surface area contributed by atoms with E-state index < -0.39 is 29.1 Å². The van der Waals surface area contributed by atoms with Gasteiger partial charge in [-0.05, 0) is 36.8 Å². The number of carbonyl (C=O) groups is 2. The van der Waals surface area contributed by atoms with Crippen LogP contribution in [0.2, 0.25) is 0 Å². The fourth-order valence-electron chi connectivity index (χ4n) is 5.29. The van der Waals surface area contributed by atoms with E-state index in [2.05, 4.69) is 0 Å². The van der Waals surface area contributed by atoms with Crippen molar-refractivity contribution in [3.05, 3.63) is 35.4 Å². The van der Waals surface area contributed by atoms with Crippen LogP contribution in [0.5, 0.6) is 0 Å². The van der Waals surface area contributed by atoms with Gasteiger partial charge in [0, 0.05) is 25.1 Å². The van der Waals surface area contributed by atoms with Crippen LogP contribution in [0.1, 0.15) is 44.2 Å². The number of halogens is 5. The summed E-state index contributed by atoms with van der Waals surface area (Å²) in [5.41, 5.74) is -1.84. The lowest BCUT2D eigenvalue weighted by Gasteiger charge is -2.52. The van der Waals surface area contributed by atoms with E-state index in [-0.39, 0.29) is 55.4 Å². The number of rotatable bonds is 3. The molecule has 5 nitrogen and oxygen atoms in total. The highest BCUT2D eigenvalue weighted by Gasteiger charge is 2.52. The van der Waals surface area contributed by atoms with Gasteiger partial charge in [0.15, 0.2) is 0 Å². The Hall–Kier alpha value is -2.23. The minimum atomic E-state index is -4.66. The number of benzene rings is 1. The van der Waals surface area contributed by atoms with E-state index in [1.807, 2.05) is 18.7 Å². The van der Waals surface area contributed by atoms with Crippen molar-refractivity contribution in [2.45, 2.75) is 63.4 Å². The van der Waals surface area contributed by atoms with E-state index in [0.717, 1.165) is 4.90 Å². The molecule has 0 aromatic heterocycles. The van der Waals surface area contributed by atoms with Gasteiger partial charge in [-0.2, -0.15) is 22.0 Å². The van der Waals surface area contributed by atoms with Gasteiger partial charge >= 0.3 is 12.1 Å². The fourth-order valence-corrected chi connectivity index (χ4v) is 5.29. The number of morpholine rings is 1. The second kappa shape index (κ2) is 8.52. The van der Waals surface area contributed by atoms with Gasteiger partial charge in [-0.1, -0.05) is 26.0 Å². The normalized spacial score (nSPS) is 28.5. The summed E-state index contributed by atoms with van der Waals surface area (Å²) < 4.78 is 74.5. The van der Waals surface area contributed by atoms with E-state index >= 15 is 8.78 Å². The van der Waals surface area contributed by atoms with E-state index in [4.69, 9.17) is 4.74 Å². The van der Waals surface area contributed by atoms with Crippen LogP contribution < -0.4 is 0 Å². The zero-order chi connectivity index (χ0) is 24.1. The molecule has 4 rings (SSSR count). The fraction of sp³-hybridized carbons (Fsp3) is 0.652. The summed E-state index contributed by atoms with van der Waals surface area (Å²) in [6.45, 7) is 4.45. The second-order valence-electron chi connectivity index (χ2n) is 9.46. The Morgan fingerprint density at radius 1 is 1.06 bits per heavy atom. The minimum absolute atomic E-state index is 0.0260. The van der Waals surface area contributed by atoms with E-state index in [9.17, 15) is 22.8 Å². The van der Waals surface area contributed by atoms with Crippen molar-refractivity contribution < 1.29 is 36.3 Å². The summed E-state index contributed by atoms with van der Waals surface area (Å²) in [5.74, 6) is -5.42. The van der Waals surface area contributed by atoms with Crippen LogP contribution in [0.4, 0.5) is 22.0 Å². The highest BCUT2D eigenvalue weighted by Crippen LogP contribution is 2.40. The summed E-state index contributed by atoms with van der Waals surface area (Å²) >= 11 is 0. The maximum absolute atomic E-state index is 15.0. The Morgan fingerprint density at radius 3 is 2.30 bits per heavy atom. The first-order valence-electron chi connectivity index (χ1n) is 11.2. The van der Waals surface area contributed by atoms with Gasteiger partial charge in [-0.3, -0.25) is 9.59 Å². The number of carbonyl (C=O) groups excluding carboxylic acids is 2. The van der Waals surface area contributed by atoms with E-state index in [0.29, 0.717) is 43.7 Å². The SMILES string of the molecule is CC(C)[C@H]1COC2CCN(C(=O)C(F)(F)c3ccc(C(F)(F)F)cc3)C[C@H]3CCC(=O)N1C23. The van der Waals surface area contributed by atoms with E-state index in [1.54, 1.807) is 0 Å². The Labute approximate surface area is 188 Å². The number of likely N-dealkylation sites (tertiary alicyclic amines) is 1. The van der Waals surface area contributed by atoms with Crippen molar-refractivity contribution in [1.82, 2.24) is 9.80 Å². The number of ether oxygens (including phenoxy) is 1. The molecule has 0 radical (unpaired) electrons. The first kappa shape index (κ1) is 23.9. The molecule has 3 fully saturated rings. The summed E-state index contributed by atoms with van der Waals surface area (Å²) in [7, 11) is 0. The maximum atomic E-state index is 15.0. The topological polar surface area (TPSA) is 49.9 Å². The quantitative estimate of drug-likeness (QED) is 0.621.